The molecule has 0 saturated carbocycles. The second-order valence-electron chi connectivity index (χ2n) is 4.83. The van der Waals surface area contributed by atoms with Crippen LogP contribution in [0.15, 0.2) is 42.5 Å². The molecule has 0 atom stereocenters. The van der Waals surface area contributed by atoms with Crippen LogP contribution in [0.3, 0.4) is 0 Å². The minimum absolute atomic E-state index is 0.346. The summed E-state index contributed by atoms with van der Waals surface area (Å²) < 4.78 is 17.9. The molecule has 0 fully saturated rings. The lowest BCUT2D eigenvalue weighted by Crippen LogP contribution is -2.12. The van der Waals surface area contributed by atoms with Crippen molar-refractivity contribution in [3.8, 4) is 0 Å². The van der Waals surface area contributed by atoms with E-state index in [4.69, 9.17) is 4.74 Å². The molecular weight excluding hydrogens is 285 g/mol. The summed E-state index contributed by atoms with van der Waals surface area (Å²) in [5, 5.41) is 2.66. The first-order chi connectivity index (χ1) is 10.7. The molecule has 3 rings (SSSR count). The topological polar surface area (TPSA) is 67.0 Å². The largest absolute Gasteiger partial charge is 0.380 e. The Morgan fingerprint density at radius 3 is 2.77 bits per heavy atom. The SMILES string of the molecule is COCc1ccc2nc(NC(=O)c3ccc(F)cc3)[nH]c2c1. The molecule has 0 bridgehead atoms. The Balaban J connectivity index is 1.81. The lowest BCUT2D eigenvalue weighted by atomic mass is 10.2. The van der Waals surface area contributed by atoms with Gasteiger partial charge in [0.1, 0.15) is 5.82 Å². The molecule has 0 aliphatic heterocycles. The number of nitrogens with one attached hydrogen (secondary N) is 2. The van der Waals surface area contributed by atoms with Crippen LogP contribution >= 0.6 is 0 Å². The monoisotopic (exact) mass is 299 g/mol. The number of amides is 1. The highest BCUT2D eigenvalue weighted by atomic mass is 19.1. The smallest absolute Gasteiger partial charge is 0.257 e. The average Bonchev–Trinajstić information content (AvgIpc) is 2.89. The second kappa shape index (κ2) is 5.95. The predicted octanol–water partition coefficient (Wildman–Crippen LogP) is 3.10. The number of hydrogen-bond acceptors (Lipinski definition) is 3. The summed E-state index contributed by atoms with van der Waals surface area (Å²) in [6.45, 7) is 0.506. The summed E-state index contributed by atoms with van der Waals surface area (Å²) in [4.78, 5) is 19.4. The standard InChI is InChI=1S/C16H14FN3O2/c1-22-9-10-2-7-13-14(8-10)19-16(18-13)20-15(21)11-3-5-12(17)6-4-11/h2-8H,9H2,1H3,(H2,18,19,20,21). The van der Waals surface area contributed by atoms with Crippen LogP contribution in [-0.2, 0) is 11.3 Å². The molecule has 5 nitrogen and oxygen atoms in total. The third kappa shape index (κ3) is 2.96. The zero-order valence-electron chi connectivity index (χ0n) is 11.9. The number of benzene rings is 2. The first-order valence-electron chi connectivity index (χ1n) is 6.70. The summed E-state index contributed by atoms with van der Waals surface area (Å²) in [6, 6.07) is 11.0. The van der Waals surface area contributed by atoms with E-state index in [0.29, 0.717) is 18.1 Å². The summed E-state index contributed by atoms with van der Waals surface area (Å²) in [6.07, 6.45) is 0. The van der Waals surface area contributed by atoms with Crippen LogP contribution in [-0.4, -0.2) is 23.0 Å². The average molecular weight is 299 g/mol. The number of rotatable bonds is 4. The first kappa shape index (κ1) is 14.2. The number of aromatic nitrogens is 2. The molecule has 2 N–H and O–H groups in total. The maximum Gasteiger partial charge on any atom is 0.257 e. The van der Waals surface area contributed by atoms with Gasteiger partial charge in [-0.05, 0) is 42.0 Å². The predicted molar refractivity (Wildman–Crippen MR) is 81.2 cm³/mol. The summed E-state index contributed by atoms with van der Waals surface area (Å²) >= 11 is 0. The Bertz CT molecular complexity index is 812. The van der Waals surface area contributed by atoms with E-state index in [9.17, 15) is 9.18 Å². The molecule has 1 aromatic heterocycles. The molecule has 0 saturated heterocycles. The molecule has 22 heavy (non-hydrogen) atoms. The fourth-order valence-corrected chi connectivity index (χ4v) is 2.15. The number of anilines is 1. The molecule has 0 aliphatic rings. The van der Waals surface area contributed by atoms with E-state index < -0.39 is 0 Å². The first-order valence-corrected chi connectivity index (χ1v) is 6.70. The van der Waals surface area contributed by atoms with Crippen molar-refractivity contribution in [3.63, 3.8) is 0 Å². The highest BCUT2D eigenvalue weighted by molar-refractivity contribution is 6.03. The lowest BCUT2D eigenvalue weighted by molar-refractivity contribution is 0.102. The molecule has 0 radical (unpaired) electrons. The molecule has 1 amide bonds. The van der Waals surface area contributed by atoms with E-state index in [1.807, 2.05) is 18.2 Å². The number of halogens is 1. The molecule has 6 heteroatoms. The van der Waals surface area contributed by atoms with Gasteiger partial charge in [-0.3, -0.25) is 10.1 Å². The van der Waals surface area contributed by atoms with E-state index >= 15 is 0 Å². The zero-order valence-corrected chi connectivity index (χ0v) is 11.9. The van der Waals surface area contributed by atoms with Crippen molar-refractivity contribution in [3.05, 3.63) is 59.4 Å². The van der Waals surface area contributed by atoms with Gasteiger partial charge in [-0.2, -0.15) is 0 Å². The van der Waals surface area contributed by atoms with Gasteiger partial charge in [0.25, 0.3) is 5.91 Å². The Hall–Kier alpha value is -2.73. The summed E-state index contributed by atoms with van der Waals surface area (Å²) in [5.74, 6) is -0.388. The Kier molecular flexibility index (Phi) is 3.84. The van der Waals surface area contributed by atoms with Gasteiger partial charge < -0.3 is 9.72 Å². The van der Waals surface area contributed by atoms with E-state index in [1.54, 1.807) is 7.11 Å². The van der Waals surface area contributed by atoms with Crippen LogP contribution in [0, 0.1) is 5.82 Å². The number of aromatic amines is 1. The van der Waals surface area contributed by atoms with Gasteiger partial charge in [-0.25, -0.2) is 9.37 Å². The van der Waals surface area contributed by atoms with Crippen LogP contribution in [0.5, 0.6) is 0 Å². The van der Waals surface area contributed by atoms with Crippen molar-refractivity contribution in [1.82, 2.24) is 9.97 Å². The molecule has 3 aromatic rings. The lowest BCUT2D eigenvalue weighted by Gasteiger charge is -2.01. The fraction of sp³-hybridized carbons (Fsp3) is 0.125. The third-order valence-electron chi connectivity index (χ3n) is 3.20. The number of carbonyl (C=O) groups is 1. The third-order valence-corrected chi connectivity index (χ3v) is 3.20. The maximum atomic E-state index is 12.9. The van der Waals surface area contributed by atoms with Gasteiger partial charge in [-0.15, -0.1) is 0 Å². The molecular formula is C16H14FN3O2. The number of ether oxygens (including phenoxy) is 1. The minimum atomic E-state index is -0.383. The maximum absolute atomic E-state index is 12.9. The van der Waals surface area contributed by atoms with Gasteiger partial charge in [0.05, 0.1) is 17.6 Å². The molecule has 0 aliphatic carbocycles. The quantitative estimate of drug-likeness (QED) is 0.778. The highest BCUT2D eigenvalue weighted by Gasteiger charge is 2.09. The van der Waals surface area contributed by atoms with Crippen molar-refractivity contribution in [2.45, 2.75) is 6.61 Å². The zero-order chi connectivity index (χ0) is 15.5. The molecule has 1 heterocycles. The summed E-state index contributed by atoms with van der Waals surface area (Å²) in [7, 11) is 1.63. The number of fused-ring (bicyclic) bond motifs is 1. The Morgan fingerprint density at radius 1 is 1.27 bits per heavy atom. The summed E-state index contributed by atoms with van der Waals surface area (Å²) in [5.41, 5.74) is 2.93. The number of methoxy groups -OCH3 is 1. The van der Waals surface area contributed by atoms with Crippen molar-refractivity contribution in [1.29, 1.82) is 0 Å². The number of nitrogens with zero attached hydrogens (tertiary/aromatic N) is 1. The number of imidazole rings is 1. The molecule has 2 aromatic carbocycles. The van der Waals surface area contributed by atoms with Gasteiger partial charge >= 0.3 is 0 Å². The van der Waals surface area contributed by atoms with Crippen LogP contribution in [0.1, 0.15) is 15.9 Å². The highest BCUT2D eigenvalue weighted by Crippen LogP contribution is 2.17. The Morgan fingerprint density at radius 2 is 2.05 bits per heavy atom. The second-order valence-corrected chi connectivity index (χ2v) is 4.83. The molecule has 0 unspecified atom stereocenters. The Labute approximate surface area is 126 Å². The number of hydrogen-bond donors (Lipinski definition) is 2. The normalized spacial score (nSPS) is 10.8. The van der Waals surface area contributed by atoms with Crippen LogP contribution in [0.4, 0.5) is 10.3 Å². The van der Waals surface area contributed by atoms with Gasteiger partial charge in [0.2, 0.25) is 5.95 Å². The van der Waals surface area contributed by atoms with Gasteiger partial charge in [-0.1, -0.05) is 6.07 Å². The van der Waals surface area contributed by atoms with Crippen molar-refractivity contribution in [2.24, 2.45) is 0 Å². The molecule has 0 spiro atoms. The van der Waals surface area contributed by atoms with Gasteiger partial charge in [0, 0.05) is 12.7 Å². The van der Waals surface area contributed by atoms with Crippen molar-refractivity contribution < 1.29 is 13.9 Å². The number of carbonyl (C=O) groups excluding carboxylic acids is 1. The minimum Gasteiger partial charge on any atom is -0.380 e. The van der Waals surface area contributed by atoms with Crippen LogP contribution < -0.4 is 5.32 Å². The van der Waals surface area contributed by atoms with E-state index in [-0.39, 0.29) is 11.7 Å². The van der Waals surface area contributed by atoms with Crippen LogP contribution in [0.2, 0.25) is 0 Å². The van der Waals surface area contributed by atoms with E-state index in [2.05, 4.69) is 15.3 Å². The van der Waals surface area contributed by atoms with E-state index in [0.717, 1.165) is 16.6 Å². The van der Waals surface area contributed by atoms with Gasteiger partial charge in [0.15, 0.2) is 0 Å². The van der Waals surface area contributed by atoms with Crippen LogP contribution in [0.25, 0.3) is 11.0 Å². The fourth-order valence-electron chi connectivity index (χ4n) is 2.15. The van der Waals surface area contributed by atoms with E-state index in [1.165, 1.54) is 24.3 Å². The number of H-pyrrole nitrogens is 1. The molecule has 112 valence electrons. The van der Waals surface area contributed by atoms with Crippen molar-refractivity contribution in [2.75, 3.05) is 12.4 Å². The van der Waals surface area contributed by atoms with Crippen molar-refractivity contribution >= 4 is 22.9 Å².